The topological polar surface area (TPSA) is 96.2 Å². The normalized spacial score (nSPS) is 15.3. The first kappa shape index (κ1) is 20.9. The van der Waals surface area contributed by atoms with Gasteiger partial charge in [0.1, 0.15) is 22.9 Å². The van der Waals surface area contributed by atoms with Crippen molar-refractivity contribution in [2.24, 2.45) is 0 Å². The predicted octanol–water partition coefficient (Wildman–Crippen LogP) is 4.36. The summed E-state index contributed by atoms with van der Waals surface area (Å²) in [6.45, 7) is 4.53. The number of rotatable bonds is 3. The number of pyridine rings is 2. The lowest BCUT2D eigenvalue weighted by atomic mass is 10.0. The summed E-state index contributed by atoms with van der Waals surface area (Å²) in [5.41, 5.74) is 0.487. The van der Waals surface area contributed by atoms with E-state index in [1.165, 1.54) is 18.3 Å². The average Bonchev–Trinajstić information content (AvgIpc) is 3.05. The van der Waals surface area contributed by atoms with Crippen molar-refractivity contribution in [2.45, 2.75) is 38.9 Å². The van der Waals surface area contributed by atoms with Crippen molar-refractivity contribution in [3.05, 3.63) is 41.5 Å². The van der Waals surface area contributed by atoms with Crippen molar-refractivity contribution < 1.29 is 22.5 Å². The van der Waals surface area contributed by atoms with Gasteiger partial charge in [-0.3, -0.25) is 0 Å². The van der Waals surface area contributed by atoms with Crippen LogP contribution in [0, 0.1) is 13.8 Å². The molecular weight excluding hydrogens is 413 g/mol. The number of likely N-dealkylation sites (tertiary alicyclic amines) is 1. The van der Waals surface area contributed by atoms with E-state index in [-0.39, 0.29) is 17.6 Å². The molecule has 0 bridgehead atoms. The number of nitrogens with one attached hydrogen (secondary N) is 2. The number of fused-ring (bicyclic) bond motifs is 1. The monoisotopic (exact) mass is 434 g/mol. The van der Waals surface area contributed by atoms with Crippen LogP contribution in [0.25, 0.3) is 10.9 Å². The highest BCUT2D eigenvalue weighted by Gasteiger charge is 2.32. The fraction of sp³-hybridized carbons (Fsp3) is 0.400. The summed E-state index contributed by atoms with van der Waals surface area (Å²) in [6, 6.07) is 3.60. The first-order chi connectivity index (χ1) is 14.7. The molecule has 0 saturated carbocycles. The van der Waals surface area contributed by atoms with Gasteiger partial charge in [0.05, 0.1) is 5.52 Å². The summed E-state index contributed by atoms with van der Waals surface area (Å²) in [6.07, 6.45) is -1.73. The van der Waals surface area contributed by atoms with Gasteiger partial charge in [-0.05, 0) is 44.9 Å². The molecule has 0 radical (unpaired) electrons. The molecule has 0 aromatic carbocycles. The van der Waals surface area contributed by atoms with Crippen molar-refractivity contribution in [1.82, 2.24) is 20.0 Å². The van der Waals surface area contributed by atoms with E-state index in [1.54, 1.807) is 18.7 Å². The number of carbonyl (C=O) groups excluding carboxylic acids is 1. The van der Waals surface area contributed by atoms with Gasteiger partial charge in [0.15, 0.2) is 5.76 Å². The Hall–Kier alpha value is -3.37. The maximum atomic E-state index is 12.9. The molecule has 4 heterocycles. The van der Waals surface area contributed by atoms with Gasteiger partial charge >= 0.3 is 12.2 Å². The van der Waals surface area contributed by atoms with Gasteiger partial charge in [0.25, 0.3) is 0 Å². The smallest absolute Gasteiger partial charge is 0.367 e. The number of anilines is 2. The van der Waals surface area contributed by atoms with E-state index in [0.29, 0.717) is 54.3 Å². The third kappa shape index (κ3) is 4.39. The summed E-state index contributed by atoms with van der Waals surface area (Å²) in [7, 11) is 0. The molecule has 1 fully saturated rings. The Balaban J connectivity index is 1.40. The largest absolute Gasteiger partial charge is 0.433 e. The lowest BCUT2D eigenvalue weighted by Gasteiger charge is -2.32. The van der Waals surface area contributed by atoms with E-state index in [0.717, 1.165) is 6.07 Å². The second kappa shape index (κ2) is 8.05. The Kier molecular flexibility index (Phi) is 5.42. The first-order valence-electron chi connectivity index (χ1n) is 9.80. The minimum absolute atomic E-state index is 0.0310. The Morgan fingerprint density at radius 2 is 1.94 bits per heavy atom. The molecule has 2 amide bonds. The zero-order chi connectivity index (χ0) is 22.2. The summed E-state index contributed by atoms with van der Waals surface area (Å²) in [4.78, 5) is 22.2. The van der Waals surface area contributed by atoms with Gasteiger partial charge < -0.3 is 20.1 Å². The van der Waals surface area contributed by atoms with E-state index in [9.17, 15) is 18.0 Å². The first-order valence-corrected chi connectivity index (χ1v) is 9.80. The molecule has 31 heavy (non-hydrogen) atoms. The van der Waals surface area contributed by atoms with Gasteiger partial charge in [-0.1, -0.05) is 5.16 Å². The quantitative estimate of drug-likeness (QED) is 0.636. The molecule has 0 atom stereocenters. The van der Waals surface area contributed by atoms with E-state index < -0.39 is 11.9 Å². The Labute approximate surface area is 175 Å². The second-order valence-electron chi connectivity index (χ2n) is 7.46. The van der Waals surface area contributed by atoms with Gasteiger partial charge in [-0.2, -0.15) is 13.2 Å². The Morgan fingerprint density at radius 3 is 2.58 bits per heavy atom. The number of hydrogen-bond donors (Lipinski definition) is 2. The molecule has 0 aliphatic carbocycles. The van der Waals surface area contributed by atoms with Gasteiger partial charge in [-0.25, -0.2) is 14.8 Å². The standard InChI is InChI=1S/C20H21F3N6O2/c1-11-17(12(2)31-28-11)27-19(30)29-9-6-13(7-10-29)25-18-14-3-4-16(20(21,22)23)26-15(14)5-8-24-18/h3-5,8,13H,6-7,9-10H2,1-2H3,(H,24,25)(H,27,30). The average molecular weight is 434 g/mol. The Morgan fingerprint density at radius 1 is 1.19 bits per heavy atom. The van der Waals surface area contributed by atoms with Crippen LogP contribution in [0.1, 0.15) is 30.0 Å². The molecular formula is C20H21F3N6O2. The number of nitrogens with zero attached hydrogens (tertiary/aromatic N) is 4. The molecule has 3 aromatic heterocycles. The maximum Gasteiger partial charge on any atom is 0.433 e. The molecule has 164 valence electrons. The minimum Gasteiger partial charge on any atom is -0.367 e. The molecule has 11 heteroatoms. The molecule has 0 spiro atoms. The summed E-state index contributed by atoms with van der Waals surface area (Å²) in [5.74, 6) is 1.03. The number of aromatic nitrogens is 3. The van der Waals surface area contributed by atoms with Crippen LogP contribution in [0.5, 0.6) is 0 Å². The lowest BCUT2D eigenvalue weighted by Crippen LogP contribution is -2.44. The third-order valence-electron chi connectivity index (χ3n) is 5.29. The van der Waals surface area contributed by atoms with Crippen LogP contribution in [0.15, 0.2) is 28.9 Å². The summed E-state index contributed by atoms with van der Waals surface area (Å²) in [5, 5.41) is 10.5. The molecule has 4 rings (SSSR count). The van der Waals surface area contributed by atoms with Crippen molar-refractivity contribution in [3.63, 3.8) is 0 Å². The van der Waals surface area contributed by atoms with Crippen molar-refractivity contribution in [1.29, 1.82) is 0 Å². The molecule has 1 aliphatic rings. The van der Waals surface area contributed by atoms with E-state index in [4.69, 9.17) is 4.52 Å². The van der Waals surface area contributed by atoms with Crippen LogP contribution >= 0.6 is 0 Å². The maximum absolute atomic E-state index is 12.9. The van der Waals surface area contributed by atoms with Crippen LogP contribution in [0.2, 0.25) is 0 Å². The van der Waals surface area contributed by atoms with Crippen molar-refractivity contribution >= 4 is 28.4 Å². The number of amides is 2. The highest BCUT2D eigenvalue weighted by Crippen LogP contribution is 2.31. The van der Waals surface area contributed by atoms with E-state index >= 15 is 0 Å². The number of aryl methyl sites for hydroxylation is 2. The summed E-state index contributed by atoms with van der Waals surface area (Å²) < 4.78 is 43.8. The molecule has 8 nitrogen and oxygen atoms in total. The van der Waals surface area contributed by atoms with Gasteiger partial charge in [-0.15, -0.1) is 0 Å². The predicted molar refractivity (Wildman–Crippen MR) is 108 cm³/mol. The van der Waals surface area contributed by atoms with Crippen LogP contribution in [-0.4, -0.2) is 45.2 Å². The second-order valence-corrected chi connectivity index (χ2v) is 7.46. The zero-order valence-electron chi connectivity index (χ0n) is 17.0. The SMILES string of the molecule is Cc1noc(C)c1NC(=O)N1CCC(Nc2nccc3nc(C(F)(F)F)ccc23)CC1. The van der Waals surface area contributed by atoms with Crippen molar-refractivity contribution in [2.75, 3.05) is 23.7 Å². The van der Waals surface area contributed by atoms with Crippen LogP contribution < -0.4 is 10.6 Å². The summed E-state index contributed by atoms with van der Waals surface area (Å²) >= 11 is 0. The number of piperidine rings is 1. The number of halogens is 3. The van der Waals surface area contributed by atoms with Crippen molar-refractivity contribution in [3.8, 4) is 0 Å². The zero-order valence-corrected chi connectivity index (χ0v) is 17.0. The molecule has 1 saturated heterocycles. The van der Waals surface area contributed by atoms with E-state index in [2.05, 4.69) is 25.8 Å². The molecule has 0 unspecified atom stereocenters. The Bertz CT molecular complexity index is 1090. The van der Waals surface area contributed by atoms with Crippen LogP contribution in [-0.2, 0) is 6.18 Å². The molecule has 1 aliphatic heterocycles. The molecule has 2 N–H and O–H groups in total. The number of hydrogen-bond acceptors (Lipinski definition) is 6. The minimum atomic E-state index is -4.50. The number of urea groups is 1. The highest BCUT2D eigenvalue weighted by atomic mass is 19.4. The number of carbonyl (C=O) groups is 1. The van der Waals surface area contributed by atoms with Crippen LogP contribution in [0.4, 0.5) is 29.5 Å². The fourth-order valence-corrected chi connectivity index (χ4v) is 3.59. The van der Waals surface area contributed by atoms with Gasteiger partial charge in [0.2, 0.25) is 0 Å². The third-order valence-corrected chi connectivity index (χ3v) is 5.29. The fourth-order valence-electron chi connectivity index (χ4n) is 3.59. The number of alkyl halides is 3. The van der Waals surface area contributed by atoms with Gasteiger partial charge in [0, 0.05) is 30.7 Å². The lowest BCUT2D eigenvalue weighted by molar-refractivity contribution is -0.140. The van der Waals surface area contributed by atoms with E-state index in [1.807, 2.05) is 0 Å². The highest BCUT2D eigenvalue weighted by molar-refractivity contribution is 5.91. The van der Waals surface area contributed by atoms with Crippen LogP contribution in [0.3, 0.4) is 0 Å². The molecule has 3 aromatic rings.